The summed E-state index contributed by atoms with van der Waals surface area (Å²) in [6.07, 6.45) is 2.47. The van der Waals surface area contributed by atoms with E-state index in [-0.39, 0.29) is 5.91 Å². The van der Waals surface area contributed by atoms with Crippen LogP contribution in [0.25, 0.3) is 0 Å². The molecule has 0 spiro atoms. The Labute approximate surface area is 161 Å². The fraction of sp³-hybridized carbons (Fsp3) is 0.476. The van der Waals surface area contributed by atoms with Crippen molar-refractivity contribution < 1.29 is 4.79 Å². The number of carbonyl (C=O) groups is 1. The first kappa shape index (κ1) is 19.1. The van der Waals surface area contributed by atoms with Crippen molar-refractivity contribution in [1.82, 2.24) is 14.9 Å². The molecule has 3 rings (SSSR count). The van der Waals surface area contributed by atoms with Crippen molar-refractivity contribution in [2.45, 2.75) is 26.2 Å². The van der Waals surface area contributed by atoms with Crippen LogP contribution in [0.5, 0.6) is 0 Å². The van der Waals surface area contributed by atoms with Crippen LogP contribution in [0, 0.1) is 6.92 Å². The summed E-state index contributed by atoms with van der Waals surface area (Å²) in [5.74, 6) is 1.93. The summed E-state index contributed by atoms with van der Waals surface area (Å²) in [5, 5.41) is 0. The molecule has 1 aliphatic rings. The summed E-state index contributed by atoms with van der Waals surface area (Å²) in [7, 11) is 3.97. The maximum atomic E-state index is 12.5. The molecule has 0 saturated carbocycles. The lowest BCUT2D eigenvalue weighted by molar-refractivity contribution is -0.131. The number of hydrogen-bond donors (Lipinski definition) is 0. The van der Waals surface area contributed by atoms with Gasteiger partial charge in [-0.05, 0) is 25.3 Å². The van der Waals surface area contributed by atoms with Crippen molar-refractivity contribution in [2.75, 3.05) is 50.1 Å². The molecule has 0 bridgehead atoms. The molecule has 1 aromatic heterocycles. The number of nitrogens with zero attached hydrogens (tertiary/aromatic N) is 5. The smallest absolute Gasteiger partial charge is 0.227 e. The van der Waals surface area contributed by atoms with E-state index in [4.69, 9.17) is 0 Å². The van der Waals surface area contributed by atoms with Crippen molar-refractivity contribution in [3.63, 3.8) is 0 Å². The van der Waals surface area contributed by atoms with Gasteiger partial charge in [0.25, 0.3) is 0 Å². The third kappa shape index (κ3) is 5.18. The van der Waals surface area contributed by atoms with Crippen molar-refractivity contribution >= 4 is 17.7 Å². The average Bonchev–Trinajstić information content (AvgIpc) is 2.68. The van der Waals surface area contributed by atoms with Gasteiger partial charge in [-0.15, -0.1) is 0 Å². The zero-order chi connectivity index (χ0) is 19.2. The summed E-state index contributed by atoms with van der Waals surface area (Å²) in [6.45, 7) is 5.02. The van der Waals surface area contributed by atoms with Gasteiger partial charge < -0.3 is 14.7 Å². The molecule has 0 unspecified atom stereocenters. The second-order valence-electron chi connectivity index (χ2n) is 7.27. The largest absolute Gasteiger partial charge is 0.363 e. The van der Waals surface area contributed by atoms with Crippen LogP contribution in [0.15, 0.2) is 36.4 Å². The van der Waals surface area contributed by atoms with E-state index in [1.54, 1.807) is 0 Å². The van der Waals surface area contributed by atoms with Crippen LogP contribution in [0.3, 0.4) is 0 Å². The average molecular weight is 367 g/mol. The summed E-state index contributed by atoms with van der Waals surface area (Å²) >= 11 is 0. The van der Waals surface area contributed by atoms with Gasteiger partial charge in [-0.3, -0.25) is 4.79 Å². The van der Waals surface area contributed by atoms with Crippen molar-refractivity contribution in [2.24, 2.45) is 0 Å². The maximum absolute atomic E-state index is 12.5. The molecule has 1 saturated heterocycles. The highest BCUT2D eigenvalue weighted by molar-refractivity contribution is 5.76. The number of hydrogen-bond acceptors (Lipinski definition) is 5. The quantitative estimate of drug-likeness (QED) is 0.785. The van der Waals surface area contributed by atoms with Gasteiger partial charge >= 0.3 is 0 Å². The van der Waals surface area contributed by atoms with Gasteiger partial charge in [0, 0.05) is 58.5 Å². The molecule has 1 amide bonds. The number of anilines is 2. The Bertz CT molecular complexity index is 754. The molecule has 6 heteroatoms. The molecule has 2 aromatic rings. The third-order valence-electron chi connectivity index (χ3n) is 4.90. The summed E-state index contributed by atoms with van der Waals surface area (Å²) in [6, 6.07) is 12.3. The molecule has 0 N–H and O–H groups in total. The fourth-order valence-corrected chi connectivity index (χ4v) is 3.31. The lowest BCUT2D eigenvalue weighted by Gasteiger charge is -2.35. The predicted octanol–water partition coefficient (Wildman–Crippen LogP) is 2.52. The SMILES string of the molecule is Cc1cc(N(C)C)nc(N2CCN(C(=O)CCCc3ccccc3)CC2)n1. The van der Waals surface area contributed by atoms with Gasteiger partial charge in [0.1, 0.15) is 5.82 Å². The van der Waals surface area contributed by atoms with E-state index in [9.17, 15) is 4.79 Å². The number of benzene rings is 1. The van der Waals surface area contributed by atoms with Gasteiger partial charge in [0.2, 0.25) is 11.9 Å². The molecule has 1 aromatic carbocycles. The van der Waals surface area contributed by atoms with E-state index in [1.807, 2.05) is 55.1 Å². The molecular formula is C21H29N5O. The molecule has 0 radical (unpaired) electrons. The minimum atomic E-state index is 0.254. The first-order valence-corrected chi connectivity index (χ1v) is 9.62. The molecular weight excluding hydrogens is 338 g/mol. The molecule has 6 nitrogen and oxygen atoms in total. The van der Waals surface area contributed by atoms with Crippen molar-refractivity contribution in [1.29, 1.82) is 0 Å². The Morgan fingerprint density at radius 1 is 1.07 bits per heavy atom. The maximum Gasteiger partial charge on any atom is 0.227 e. The Balaban J connectivity index is 1.49. The third-order valence-corrected chi connectivity index (χ3v) is 4.90. The van der Waals surface area contributed by atoms with Crippen LogP contribution in [0.1, 0.15) is 24.1 Å². The van der Waals surface area contributed by atoms with Gasteiger partial charge in [-0.2, -0.15) is 4.98 Å². The van der Waals surface area contributed by atoms with Gasteiger partial charge in [0.05, 0.1) is 0 Å². The second-order valence-corrected chi connectivity index (χ2v) is 7.27. The first-order valence-electron chi connectivity index (χ1n) is 9.62. The molecule has 27 heavy (non-hydrogen) atoms. The number of rotatable bonds is 6. The summed E-state index contributed by atoms with van der Waals surface area (Å²) in [4.78, 5) is 27.9. The van der Waals surface area contributed by atoms with E-state index in [1.165, 1.54) is 5.56 Å². The molecule has 0 atom stereocenters. The number of aromatic nitrogens is 2. The number of piperazine rings is 1. The first-order chi connectivity index (χ1) is 13.0. The Kier molecular flexibility index (Phi) is 6.27. The highest BCUT2D eigenvalue weighted by Crippen LogP contribution is 2.17. The second kappa shape index (κ2) is 8.84. The number of carbonyl (C=O) groups excluding carboxylic acids is 1. The van der Waals surface area contributed by atoms with Crippen LogP contribution in [0.4, 0.5) is 11.8 Å². The van der Waals surface area contributed by atoms with Crippen LogP contribution < -0.4 is 9.80 Å². The minimum absolute atomic E-state index is 0.254. The zero-order valence-corrected chi connectivity index (χ0v) is 16.6. The number of aryl methyl sites for hydroxylation is 2. The molecule has 1 aliphatic heterocycles. The van der Waals surface area contributed by atoms with Gasteiger partial charge in [0.15, 0.2) is 0 Å². The minimum Gasteiger partial charge on any atom is -0.363 e. The molecule has 144 valence electrons. The number of amides is 1. The molecule has 2 heterocycles. The zero-order valence-electron chi connectivity index (χ0n) is 16.6. The standard InChI is InChI=1S/C21H29N5O/c1-17-16-19(24(2)3)23-21(22-17)26-14-12-25(13-15-26)20(27)11-7-10-18-8-5-4-6-9-18/h4-6,8-9,16H,7,10-15H2,1-3H3. The topological polar surface area (TPSA) is 52.6 Å². The predicted molar refractivity (Wildman–Crippen MR) is 109 cm³/mol. The Morgan fingerprint density at radius 3 is 2.44 bits per heavy atom. The lowest BCUT2D eigenvalue weighted by atomic mass is 10.1. The summed E-state index contributed by atoms with van der Waals surface area (Å²) in [5.41, 5.74) is 2.26. The highest BCUT2D eigenvalue weighted by Gasteiger charge is 2.22. The van der Waals surface area contributed by atoms with E-state index in [0.717, 1.165) is 56.5 Å². The Morgan fingerprint density at radius 2 is 1.78 bits per heavy atom. The fourth-order valence-electron chi connectivity index (χ4n) is 3.31. The summed E-state index contributed by atoms with van der Waals surface area (Å²) < 4.78 is 0. The van der Waals surface area contributed by atoms with E-state index < -0.39 is 0 Å². The Hall–Kier alpha value is -2.63. The van der Waals surface area contributed by atoms with Crippen LogP contribution in [-0.4, -0.2) is 61.0 Å². The normalized spacial score (nSPS) is 14.3. The van der Waals surface area contributed by atoms with Crippen molar-refractivity contribution in [3.8, 4) is 0 Å². The molecule has 1 fully saturated rings. The van der Waals surface area contributed by atoms with Crippen molar-refractivity contribution in [3.05, 3.63) is 47.7 Å². The highest BCUT2D eigenvalue weighted by atomic mass is 16.2. The van der Waals surface area contributed by atoms with Gasteiger partial charge in [-0.1, -0.05) is 30.3 Å². The van der Waals surface area contributed by atoms with Gasteiger partial charge in [-0.25, -0.2) is 4.98 Å². The van der Waals surface area contributed by atoms with E-state index in [0.29, 0.717) is 6.42 Å². The van der Waals surface area contributed by atoms with Crippen LogP contribution >= 0.6 is 0 Å². The van der Waals surface area contributed by atoms with Crippen LogP contribution in [0.2, 0.25) is 0 Å². The monoisotopic (exact) mass is 367 g/mol. The van der Waals surface area contributed by atoms with Crippen LogP contribution in [-0.2, 0) is 11.2 Å². The van der Waals surface area contributed by atoms with E-state index >= 15 is 0 Å². The lowest BCUT2D eigenvalue weighted by Crippen LogP contribution is -2.49. The molecule has 0 aliphatic carbocycles. The van der Waals surface area contributed by atoms with E-state index in [2.05, 4.69) is 27.0 Å².